The fourth-order valence-electron chi connectivity index (χ4n) is 1.97. The zero-order valence-electron chi connectivity index (χ0n) is 10.4. The molecule has 1 amide bonds. The van der Waals surface area contributed by atoms with Gasteiger partial charge >= 0.3 is 0 Å². The lowest BCUT2D eigenvalue weighted by Gasteiger charge is -2.15. The van der Waals surface area contributed by atoms with Crippen LogP contribution in [0.2, 0.25) is 0 Å². The second kappa shape index (κ2) is 4.73. The van der Waals surface area contributed by atoms with E-state index in [9.17, 15) is 4.79 Å². The van der Waals surface area contributed by atoms with Crippen molar-refractivity contribution in [2.45, 2.75) is 26.2 Å². The number of anilines is 1. The molecule has 1 fully saturated rings. The highest BCUT2D eigenvalue weighted by molar-refractivity contribution is 5.98. The SMILES string of the molecule is CCC1(CNc2ncccc2C(=O)NC)CC1. The maximum Gasteiger partial charge on any atom is 0.254 e. The molecule has 17 heavy (non-hydrogen) atoms. The summed E-state index contributed by atoms with van der Waals surface area (Å²) in [6.45, 7) is 3.12. The Balaban J connectivity index is 2.07. The summed E-state index contributed by atoms with van der Waals surface area (Å²) >= 11 is 0. The van der Waals surface area contributed by atoms with E-state index in [-0.39, 0.29) is 5.91 Å². The van der Waals surface area contributed by atoms with Crippen LogP contribution in [0.1, 0.15) is 36.5 Å². The molecule has 4 nitrogen and oxygen atoms in total. The molecule has 1 aromatic rings. The Kier molecular flexibility index (Phi) is 3.31. The summed E-state index contributed by atoms with van der Waals surface area (Å²) in [4.78, 5) is 15.9. The number of amides is 1. The summed E-state index contributed by atoms with van der Waals surface area (Å²) in [6.07, 6.45) is 5.44. The molecule has 0 spiro atoms. The zero-order chi connectivity index (χ0) is 12.3. The molecule has 0 unspecified atom stereocenters. The molecule has 1 aliphatic carbocycles. The Bertz CT molecular complexity index is 413. The van der Waals surface area contributed by atoms with Crippen LogP contribution in [0.5, 0.6) is 0 Å². The van der Waals surface area contributed by atoms with E-state index in [1.54, 1.807) is 25.4 Å². The third-order valence-corrected chi connectivity index (χ3v) is 3.62. The van der Waals surface area contributed by atoms with Gasteiger partial charge in [-0.1, -0.05) is 6.92 Å². The van der Waals surface area contributed by atoms with E-state index in [0.717, 1.165) is 6.54 Å². The minimum absolute atomic E-state index is 0.0954. The van der Waals surface area contributed by atoms with E-state index in [0.29, 0.717) is 16.8 Å². The van der Waals surface area contributed by atoms with E-state index in [2.05, 4.69) is 22.5 Å². The summed E-state index contributed by atoms with van der Waals surface area (Å²) in [7, 11) is 1.63. The quantitative estimate of drug-likeness (QED) is 0.818. The molecular formula is C13H19N3O. The molecule has 1 heterocycles. The van der Waals surface area contributed by atoms with Gasteiger partial charge in [-0.2, -0.15) is 0 Å². The van der Waals surface area contributed by atoms with Gasteiger partial charge < -0.3 is 10.6 Å². The topological polar surface area (TPSA) is 54.0 Å². The highest BCUT2D eigenvalue weighted by atomic mass is 16.1. The monoisotopic (exact) mass is 233 g/mol. The summed E-state index contributed by atoms with van der Waals surface area (Å²) in [6, 6.07) is 3.57. The van der Waals surface area contributed by atoms with Crippen LogP contribution in [-0.2, 0) is 0 Å². The molecule has 0 aromatic carbocycles. The number of carbonyl (C=O) groups is 1. The first kappa shape index (κ1) is 11.9. The molecule has 0 saturated heterocycles. The van der Waals surface area contributed by atoms with Gasteiger partial charge in [0.15, 0.2) is 0 Å². The van der Waals surface area contributed by atoms with E-state index in [4.69, 9.17) is 0 Å². The van der Waals surface area contributed by atoms with E-state index >= 15 is 0 Å². The Hall–Kier alpha value is -1.58. The second-order valence-electron chi connectivity index (χ2n) is 4.69. The van der Waals surface area contributed by atoms with Crippen LogP contribution in [0, 0.1) is 5.41 Å². The van der Waals surface area contributed by atoms with Crippen molar-refractivity contribution in [3.63, 3.8) is 0 Å². The first-order chi connectivity index (χ1) is 8.21. The first-order valence-corrected chi connectivity index (χ1v) is 6.12. The molecule has 4 heteroatoms. The molecule has 2 rings (SSSR count). The van der Waals surface area contributed by atoms with Crippen LogP contribution in [0.15, 0.2) is 18.3 Å². The van der Waals surface area contributed by atoms with E-state index in [1.807, 2.05) is 0 Å². The third kappa shape index (κ3) is 2.57. The number of pyridine rings is 1. The van der Waals surface area contributed by atoms with Crippen molar-refractivity contribution in [2.24, 2.45) is 5.41 Å². The molecule has 0 aliphatic heterocycles. The molecule has 0 atom stereocenters. The van der Waals surface area contributed by atoms with Gasteiger partial charge in [-0.3, -0.25) is 4.79 Å². The van der Waals surface area contributed by atoms with Gasteiger partial charge in [0.25, 0.3) is 5.91 Å². The zero-order valence-corrected chi connectivity index (χ0v) is 10.4. The van der Waals surface area contributed by atoms with Crippen LogP contribution in [0.25, 0.3) is 0 Å². The van der Waals surface area contributed by atoms with E-state index in [1.165, 1.54) is 19.3 Å². The molecule has 0 bridgehead atoms. The lowest BCUT2D eigenvalue weighted by Crippen LogP contribution is -2.22. The van der Waals surface area contributed by atoms with Crippen LogP contribution in [0.3, 0.4) is 0 Å². The molecule has 92 valence electrons. The van der Waals surface area contributed by atoms with Crippen LogP contribution < -0.4 is 10.6 Å². The van der Waals surface area contributed by atoms with Gasteiger partial charge in [-0.05, 0) is 36.8 Å². The first-order valence-electron chi connectivity index (χ1n) is 6.12. The van der Waals surface area contributed by atoms with Crippen molar-refractivity contribution in [1.82, 2.24) is 10.3 Å². The molecule has 1 aliphatic rings. The van der Waals surface area contributed by atoms with Crippen LogP contribution >= 0.6 is 0 Å². The number of hydrogen-bond donors (Lipinski definition) is 2. The second-order valence-corrected chi connectivity index (χ2v) is 4.69. The molecule has 0 radical (unpaired) electrons. The largest absolute Gasteiger partial charge is 0.369 e. The normalized spacial score (nSPS) is 16.4. The van der Waals surface area contributed by atoms with Gasteiger partial charge in [0.1, 0.15) is 5.82 Å². The average Bonchev–Trinajstić information content (AvgIpc) is 3.16. The number of carbonyl (C=O) groups excluding carboxylic acids is 1. The van der Waals surface area contributed by atoms with E-state index < -0.39 is 0 Å². The number of rotatable bonds is 5. The molecule has 1 saturated carbocycles. The lowest BCUT2D eigenvalue weighted by molar-refractivity contribution is 0.0963. The van der Waals surface area contributed by atoms with Crippen molar-refractivity contribution < 1.29 is 4.79 Å². The minimum atomic E-state index is -0.0954. The van der Waals surface area contributed by atoms with Crippen molar-refractivity contribution >= 4 is 11.7 Å². The van der Waals surface area contributed by atoms with Crippen molar-refractivity contribution in [1.29, 1.82) is 0 Å². The molecular weight excluding hydrogens is 214 g/mol. The number of nitrogens with one attached hydrogen (secondary N) is 2. The predicted molar refractivity (Wildman–Crippen MR) is 68.1 cm³/mol. The fourth-order valence-corrected chi connectivity index (χ4v) is 1.97. The molecule has 2 N–H and O–H groups in total. The summed E-state index contributed by atoms with van der Waals surface area (Å²) in [5, 5.41) is 5.94. The van der Waals surface area contributed by atoms with Gasteiger partial charge in [0, 0.05) is 19.8 Å². The Morgan fingerprint density at radius 3 is 2.88 bits per heavy atom. The summed E-state index contributed by atoms with van der Waals surface area (Å²) < 4.78 is 0. The minimum Gasteiger partial charge on any atom is -0.369 e. The highest BCUT2D eigenvalue weighted by Gasteiger charge is 2.40. The van der Waals surface area contributed by atoms with Crippen molar-refractivity contribution in [3.8, 4) is 0 Å². The Labute approximate surface area is 102 Å². The number of nitrogens with zero attached hydrogens (tertiary/aromatic N) is 1. The summed E-state index contributed by atoms with van der Waals surface area (Å²) in [5.74, 6) is 0.591. The van der Waals surface area contributed by atoms with Crippen LogP contribution in [-0.4, -0.2) is 24.5 Å². The lowest BCUT2D eigenvalue weighted by atomic mass is 10.0. The van der Waals surface area contributed by atoms with Gasteiger partial charge in [-0.15, -0.1) is 0 Å². The number of aromatic nitrogens is 1. The fraction of sp³-hybridized carbons (Fsp3) is 0.538. The third-order valence-electron chi connectivity index (χ3n) is 3.62. The van der Waals surface area contributed by atoms with Gasteiger partial charge in [-0.25, -0.2) is 4.98 Å². The Morgan fingerprint density at radius 2 is 2.29 bits per heavy atom. The predicted octanol–water partition coefficient (Wildman–Crippen LogP) is 2.04. The average molecular weight is 233 g/mol. The standard InChI is InChI=1S/C13H19N3O/c1-3-13(6-7-13)9-16-11-10(12(17)14-2)5-4-8-15-11/h4-5,8H,3,6-7,9H2,1-2H3,(H,14,17)(H,15,16). The maximum atomic E-state index is 11.7. The van der Waals surface area contributed by atoms with Gasteiger partial charge in [0.2, 0.25) is 0 Å². The Morgan fingerprint density at radius 1 is 1.53 bits per heavy atom. The number of hydrogen-bond acceptors (Lipinski definition) is 3. The van der Waals surface area contributed by atoms with Crippen molar-refractivity contribution in [3.05, 3.63) is 23.9 Å². The maximum absolute atomic E-state index is 11.7. The van der Waals surface area contributed by atoms with Crippen LogP contribution in [0.4, 0.5) is 5.82 Å². The summed E-state index contributed by atoms with van der Waals surface area (Å²) in [5.41, 5.74) is 1.05. The smallest absolute Gasteiger partial charge is 0.254 e. The van der Waals surface area contributed by atoms with Crippen molar-refractivity contribution in [2.75, 3.05) is 18.9 Å². The highest BCUT2D eigenvalue weighted by Crippen LogP contribution is 2.48. The van der Waals surface area contributed by atoms with Gasteiger partial charge in [0.05, 0.1) is 5.56 Å². The molecule has 1 aromatic heterocycles.